The molecule has 6 heteroatoms. The zero-order valence-electron chi connectivity index (χ0n) is 15.5. The van der Waals surface area contributed by atoms with Crippen LogP contribution in [0.4, 0.5) is 0 Å². The number of hydrogen-bond donors (Lipinski definition) is 1. The highest BCUT2D eigenvalue weighted by Gasteiger charge is 2.24. The molecule has 0 amide bonds. The predicted octanol–water partition coefficient (Wildman–Crippen LogP) is 3.98. The number of para-hydroxylation sites is 1. The van der Waals surface area contributed by atoms with Crippen molar-refractivity contribution in [1.82, 2.24) is 14.7 Å². The van der Waals surface area contributed by atoms with Crippen LogP contribution < -0.4 is 0 Å². The molecule has 136 valence electrons. The molecule has 2 aromatic rings. The van der Waals surface area contributed by atoms with Gasteiger partial charge < -0.3 is 10.0 Å². The monoisotopic (exact) mass is 363 g/mol. The van der Waals surface area contributed by atoms with E-state index in [-0.39, 0.29) is 5.41 Å². The van der Waals surface area contributed by atoms with Crippen molar-refractivity contribution in [3.63, 3.8) is 0 Å². The summed E-state index contributed by atoms with van der Waals surface area (Å²) in [4.78, 5) is 13.1. The minimum Gasteiger partial charge on any atom is -0.481 e. The third kappa shape index (κ3) is 4.83. The highest BCUT2D eigenvalue weighted by Crippen LogP contribution is 2.28. The molecule has 0 aliphatic rings. The number of hydrogen-bond acceptors (Lipinski definition) is 3. The van der Waals surface area contributed by atoms with E-state index in [0.717, 1.165) is 16.9 Å². The minimum absolute atomic E-state index is 0.124. The van der Waals surface area contributed by atoms with E-state index in [1.54, 1.807) is 6.92 Å². The Bertz CT molecular complexity index is 749. The zero-order valence-corrected chi connectivity index (χ0v) is 16.2. The number of carboxylic acid groups (broad SMARTS) is 1. The van der Waals surface area contributed by atoms with Gasteiger partial charge in [0.15, 0.2) is 0 Å². The molecule has 0 aliphatic carbocycles. The maximum atomic E-state index is 11.1. The average Bonchev–Trinajstić information content (AvgIpc) is 2.91. The van der Waals surface area contributed by atoms with Gasteiger partial charge in [0.2, 0.25) is 0 Å². The van der Waals surface area contributed by atoms with Crippen molar-refractivity contribution in [2.45, 2.75) is 39.7 Å². The summed E-state index contributed by atoms with van der Waals surface area (Å²) in [5.74, 6) is -1.20. The Hall–Kier alpha value is -1.85. The Morgan fingerprint density at radius 2 is 2.00 bits per heavy atom. The minimum atomic E-state index is -0.783. The number of carboxylic acids is 1. The van der Waals surface area contributed by atoms with Crippen molar-refractivity contribution in [3.05, 3.63) is 46.7 Å². The lowest BCUT2D eigenvalue weighted by Gasteiger charge is -2.22. The largest absolute Gasteiger partial charge is 0.481 e. The maximum Gasteiger partial charge on any atom is 0.307 e. The molecule has 1 aromatic heterocycles. The van der Waals surface area contributed by atoms with Crippen LogP contribution in [-0.2, 0) is 16.8 Å². The summed E-state index contributed by atoms with van der Waals surface area (Å²) in [5.41, 5.74) is 2.78. The SMILES string of the molecule is CC(CN(C)Cc1cn(-c2ccccc2Cl)nc1C(C)(C)C)C(=O)O. The van der Waals surface area contributed by atoms with Crippen molar-refractivity contribution >= 4 is 17.6 Å². The van der Waals surface area contributed by atoms with E-state index in [4.69, 9.17) is 21.8 Å². The van der Waals surface area contributed by atoms with Crippen molar-refractivity contribution in [3.8, 4) is 5.69 Å². The van der Waals surface area contributed by atoms with Gasteiger partial charge in [0, 0.05) is 30.3 Å². The van der Waals surface area contributed by atoms with Gasteiger partial charge in [-0.05, 0) is 19.2 Å². The first-order valence-corrected chi connectivity index (χ1v) is 8.72. The fraction of sp³-hybridized carbons (Fsp3) is 0.474. The first-order valence-electron chi connectivity index (χ1n) is 8.35. The average molecular weight is 364 g/mol. The smallest absolute Gasteiger partial charge is 0.307 e. The first kappa shape index (κ1) is 19.5. The second-order valence-electron chi connectivity index (χ2n) is 7.58. The van der Waals surface area contributed by atoms with Gasteiger partial charge in [-0.2, -0.15) is 5.10 Å². The normalized spacial score (nSPS) is 13.2. The molecule has 1 unspecified atom stereocenters. The molecule has 2 rings (SSSR count). The summed E-state index contributed by atoms with van der Waals surface area (Å²) in [7, 11) is 1.93. The summed E-state index contributed by atoms with van der Waals surface area (Å²) in [6.07, 6.45) is 1.99. The van der Waals surface area contributed by atoms with Crippen LogP contribution in [0.25, 0.3) is 5.69 Å². The summed E-state index contributed by atoms with van der Waals surface area (Å²) in [6, 6.07) is 7.60. The summed E-state index contributed by atoms with van der Waals surface area (Å²) >= 11 is 6.31. The zero-order chi connectivity index (χ0) is 18.8. The van der Waals surface area contributed by atoms with Crippen molar-refractivity contribution < 1.29 is 9.90 Å². The first-order chi connectivity index (χ1) is 11.6. The molecule has 0 saturated heterocycles. The summed E-state index contributed by atoms with van der Waals surface area (Å²) < 4.78 is 1.81. The fourth-order valence-electron chi connectivity index (χ4n) is 2.82. The second-order valence-corrected chi connectivity index (χ2v) is 7.99. The Morgan fingerprint density at radius 1 is 1.36 bits per heavy atom. The lowest BCUT2D eigenvalue weighted by atomic mass is 9.89. The lowest BCUT2D eigenvalue weighted by Crippen LogP contribution is -2.29. The van der Waals surface area contributed by atoms with Gasteiger partial charge in [-0.25, -0.2) is 4.68 Å². The van der Waals surface area contributed by atoms with Crippen LogP contribution in [-0.4, -0.2) is 39.3 Å². The van der Waals surface area contributed by atoms with E-state index < -0.39 is 11.9 Å². The Balaban J connectivity index is 2.34. The van der Waals surface area contributed by atoms with Crippen LogP contribution in [0.2, 0.25) is 5.02 Å². The van der Waals surface area contributed by atoms with Crippen molar-refractivity contribution in [2.24, 2.45) is 5.92 Å². The van der Waals surface area contributed by atoms with E-state index in [0.29, 0.717) is 18.1 Å². The Kier molecular flexibility index (Phi) is 5.91. The van der Waals surface area contributed by atoms with Gasteiger partial charge in [-0.3, -0.25) is 4.79 Å². The number of carbonyl (C=O) groups is 1. The van der Waals surface area contributed by atoms with Crippen LogP contribution in [0, 0.1) is 5.92 Å². The van der Waals surface area contributed by atoms with E-state index in [1.165, 1.54) is 0 Å². The van der Waals surface area contributed by atoms with Crippen molar-refractivity contribution in [1.29, 1.82) is 0 Å². The number of halogens is 1. The number of nitrogens with zero attached hydrogens (tertiary/aromatic N) is 3. The van der Waals surface area contributed by atoms with Gasteiger partial charge in [0.1, 0.15) is 0 Å². The molecule has 0 aliphatic heterocycles. The molecule has 25 heavy (non-hydrogen) atoms. The van der Waals surface area contributed by atoms with E-state index in [1.807, 2.05) is 47.1 Å². The lowest BCUT2D eigenvalue weighted by molar-refractivity contribution is -0.141. The second kappa shape index (κ2) is 7.58. The molecular weight excluding hydrogens is 338 g/mol. The van der Waals surface area contributed by atoms with E-state index >= 15 is 0 Å². The third-order valence-electron chi connectivity index (χ3n) is 4.05. The topological polar surface area (TPSA) is 58.4 Å². The molecule has 1 atom stereocenters. The van der Waals surface area contributed by atoms with Crippen molar-refractivity contribution in [2.75, 3.05) is 13.6 Å². The van der Waals surface area contributed by atoms with Crippen LogP contribution >= 0.6 is 11.6 Å². The number of aromatic nitrogens is 2. The van der Waals surface area contributed by atoms with Gasteiger partial charge in [0.25, 0.3) is 0 Å². The highest BCUT2D eigenvalue weighted by molar-refractivity contribution is 6.32. The van der Waals surface area contributed by atoms with Crippen LogP contribution in [0.15, 0.2) is 30.5 Å². The summed E-state index contributed by atoms with van der Waals surface area (Å²) in [6.45, 7) is 9.20. The van der Waals surface area contributed by atoms with Gasteiger partial charge in [-0.1, -0.05) is 51.4 Å². The van der Waals surface area contributed by atoms with Gasteiger partial charge in [0.05, 0.1) is 22.3 Å². The molecule has 1 N–H and O–H groups in total. The number of benzene rings is 1. The number of aliphatic carboxylic acids is 1. The van der Waals surface area contributed by atoms with Gasteiger partial charge in [-0.15, -0.1) is 0 Å². The Labute approximate surface area is 154 Å². The summed E-state index contributed by atoms with van der Waals surface area (Å²) in [5, 5.41) is 14.5. The molecule has 5 nitrogen and oxygen atoms in total. The fourth-order valence-corrected chi connectivity index (χ4v) is 3.04. The molecule has 0 radical (unpaired) electrons. The van der Waals surface area contributed by atoms with E-state index in [2.05, 4.69) is 20.8 Å². The predicted molar refractivity (Wildman–Crippen MR) is 100 cm³/mol. The quantitative estimate of drug-likeness (QED) is 0.843. The molecule has 0 spiro atoms. The highest BCUT2D eigenvalue weighted by atomic mass is 35.5. The molecule has 0 bridgehead atoms. The van der Waals surface area contributed by atoms with Crippen LogP contribution in [0.5, 0.6) is 0 Å². The van der Waals surface area contributed by atoms with Crippen LogP contribution in [0.1, 0.15) is 39.0 Å². The maximum absolute atomic E-state index is 11.1. The molecule has 0 fully saturated rings. The Morgan fingerprint density at radius 3 is 2.56 bits per heavy atom. The standard InChI is InChI=1S/C19H26ClN3O2/c1-13(18(24)25)10-22(5)11-14-12-23(21-17(14)19(2,3)4)16-9-7-6-8-15(16)20/h6-9,12-13H,10-11H2,1-5H3,(H,24,25). The third-order valence-corrected chi connectivity index (χ3v) is 4.37. The van der Waals surface area contributed by atoms with Crippen LogP contribution in [0.3, 0.4) is 0 Å². The van der Waals surface area contributed by atoms with E-state index in [9.17, 15) is 4.79 Å². The number of rotatable bonds is 6. The molecule has 1 aromatic carbocycles. The molecule has 1 heterocycles. The molecule has 0 saturated carbocycles. The van der Waals surface area contributed by atoms with Gasteiger partial charge >= 0.3 is 5.97 Å². The molecular formula is C19H26ClN3O2.